The monoisotopic (exact) mass is 236 g/mol. The standard InChI is InChI=1S/C14H24N2O/c1-11(2)16-10-15-9-13(16)14(17)12-7-5-3-4-6-8-12/h9-12,14,17H,3-8H2,1-2H3. The zero-order valence-electron chi connectivity index (χ0n) is 11.0. The molecule has 0 aliphatic heterocycles. The molecule has 96 valence electrons. The van der Waals surface area contributed by atoms with Crippen LogP contribution in [0.4, 0.5) is 0 Å². The number of nitrogens with zero attached hydrogens (tertiary/aromatic N) is 2. The first-order valence-corrected chi connectivity index (χ1v) is 6.90. The number of aliphatic hydroxyl groups excluding tert-OH is 1. The maximum Gasteiger partial charge on any atom is 0.0983 e. The summed E-state index contributed by atoms with van der Waals surface area (Å²) in [4.78, 5) is 4.19. The van der Waals surface area contributed by atoms with Gasteiger partial charge in [0, 0.05) is 6.04 Å². The quantitative estimate of drug-likeness (QED) is 0.816. The van der Waals surface area contributed by atoms with Gasteiger partial charge in [0.05, 0.1) is 24.3 Å². The van der Waals surface area contributed by atoms with E-state index in [9.17, 15) is 5.11 Å². The number of rotatable bonds is 3. The minimum Gasteiger partial charge on any atom is -0.387 e. The molecule has 0 saturated heterocycles. The van der Waals surface area contributed by atoms with E-state index in [1.807, 2.05) is 12.5 Å². The van der Waals surface area contributed by atoms with Crippen molar-refractivity contribution in [2.75, 3.05) is 0 Å². The highest BCUT2D eigenvalue weighted by Gasteiger charge is 2.25. The summed E-state index contributed by atoms with van der Waals surface area (Å²) in [6, 6.07) is 0.368. The van der Waals surface area contributed by atoms with Crippen molar-refractivity contribution in [2.24, 2.45) is 5.92 Å². The smallest absolute Gasteiger partial charge is 0.0983 e. The van der Waals surface area contributed by atoms with E-state index in [0.717, 1.165) is 18.5 Å². The predicted octanol–water partition coefficient (Wildman–Crippen LogP) is 3.47. The molecule has 1 saturated carbocycles. The van der Waals surface area contributed by atoms with Crippen LogP contribution in [0.15, 0.2) is 12.5 Å². The molecule has 0 spiro atoms. The summed E-state index contributed by atoms with van der Waals surface area (Å²) in [6.45, 7) is 4.26. The Labute approximate surface area is 104 Å². The Morgan fingerprint density at radius 1 is 1.24 bits per heavy atom. The summed E-state index contributed by atoms with van der Waals surface area (Å²) in [5.74, 6) is 0.423. The SMILES string of the molecule is CC(C)n1cncc1C(O)C1CCCCCC1. The highest BCUT2D eigenvalue weighted by atomic mass is 16.3. The Kier molecular flexibility index (Phi) is 4.21. The molecular weight excluding hydrogens is 212 g/mol. The van der Waals surface area contributed by atoms with Gasteiger partial charge >= 0.3 is 0 Å². The molecule has 1 aliphatic rings. The molecule has 0 radical (unpaired) electrons. The van der Waals surface area contributed by atoms with Crippen molar-refractivity contribution in [3.63, 3.8) is 0 Å². The molecule has 3 heteroatoms. The normalized spacial score (nSPS) is 20.5. The lowest BCUT2D eigenvalue weighted by atomic mass is 9.92. The van der Waals surface area contributed by atoms with E-state index in [2.05, 4.69) is 23.4 Å². The van der Waals surface area contributed by atoms with Crippen LogP contribution in [0, 0.1) is 5.92 Å². The van der Waals surface area contributed by atoms with Gasteiger partial charge in [0.25, 0.3) is 0 Å². The third-order valence-electron chi connectivity index (χ3n) is 3.90. The van der Waals surface area contributed by atoms with Crippen LogP contribution < -0.4 is 0 Å². The van der Waals surface area contributed by atoms with Crippen LogP contribution in [0.1, 0.15) is 70.2 Å². The molecular formula is C14H24N2O. The Hall–Kier alpha value is -0.830. The van der Waals surface area contributed by atoms with Gasteiger partial charge in [-0.25, -0.2) is 4.98 Å². The van der Waals surface area contributed by atoms with E-state index >= 15 is 0 Å². The van der Waals surface area contributed by atoms with Gasteiger partial charge in [-0.2, -0.15) is 0 Å². The lowest BCUT2D eigenvalue weighted by molar-refractivity contribution is 0.0901. The first-order chi connectivity index (χ1) is 8.20. The van der Waals surface area contributed by atoms with Crippen molar-refractivity contribution in [3.05, 3.63) is 18.2 Å². The van der Waals surface area contributed by atoms with Gasteiger partial charge in [-0.15, -0.1) is 0 Å². The van der Waals surface area contributed by atoms with E-state index in [1.54, 1.807) is 0 Å². The molecule has 1 heterocycles. The highest BCUT2D eigenvalue weighted by Crippen LogP contribution is 2.33. The van der Waals surface area contributed by atoms with Crippen LogP contribution >= 0.6 is 0 Å². The minimum atomic E-state index is -0.335. The van der Waals surface area contributed by atoms with Crippen molar-refractivity contribution in [2.45, 2.75) is 64.5 Å². The van der Waals surface area contributed by atoms with Crippen molar-refractivity contribution in [1.82, 2.24) is 9.55 Å². The van der Waals surface area contributed by atoms with Gasteiger partial charge < -0.3 is 9.67 Å². The first kappa shape index (κ1) is 12.6. The summed E-state index contributed by atoms with van der Waals surface area (Å²) in [5.41, 5.74) is 0.993. The summed E-state index contributed by atoms with van der Waals surface area (Å²) >= 11 is 0. The predicted molar refractivity (Wildman–Crippen MR) is 68.8 cm³/mol. The van der Waals surface area contributed by atoms with Crippen molar-refractivity contribution in [3.8, 4) is 0 Å². The Bertz CT molecular complexity index is 338. The molecule has 1 aromatic heterocycles. The molecule has 1 unspecified atom stereocenters. The van der Waals surface area contributed by atoms with E-state index < -0.39 is 0 Å². The second-order valence-corrected chi connectivity index (χ2v) is 5.52. The summed E-state index contributed by atoms with van der Waals surface area (Å²) in [7, 11) is 0. The number of imidazole rings is 1. The zero-order chi connectivity index (χ0) is 12.3. The van der Waals surface area contributed by atoms with Gasteiger partial charge in [-0.1, -0.05) is 25.7 Å². The fraction of sp³-hybridized carbons (Fsp3) is 0.786. The van der Waals surface area contributed by atoms with Crippen molar-refractivity contribution in [1.29, 1.82) is 0 Å². The largest absolute Gasteiger partial charge is 0.387 e. The van der Waals surface area contributed by atoms with Crippen LogP contribution in [0.2, 0.25) is 0 Å². The average molecular weight is 236 g/mol. The molecule has 0 amide bonds. The summed E-state index contributed by atoms with van der Waals surface area (Å²) in [6.07, 6.45) is 10.8. The Morgan fingerprint density at radius 2 is 1.88 bits per heavy atom. The third kappa shape index (κ3) is 2.89. The number of hydrogen-bond acceptors (Lipinski definition) is 2. The van der Waals surface area contributed by atoms with Crippen molar-refractivity contribution >= 4 is 0 Å². The molecule has 3 nitrogen and oxygen atoms in total. The summed E-state index contributed by atoms with van der Waals surface area (Å²) in [5, 5.41) is 10.5. The second-order valence-electron chi connectivity index (χ2n) is 5.52. The number of aliphatic hydroxyl groups is 1. The van der Waals surface area contributed by atoms with E-state index in [4.69, 9.17) is 0 Å². The number of hydrogen-bond donors (Lipinski definition) is 1. The van der Waals surface area contributed by atoms with E-state index in [0.29, 0.717) is 12.0 Å². The lowest BCUT2D eigenvalue weighted by Gasteiger charge is -2.23. The fourth-order valence-corrected chi connectivity index (χ4v) is 2.84. The van der Waals surface area contributed by atoms with E-state index in [-0.39, 0.29) is 6.10 Å². The molecule has 1 aliphatic carbocycles. The Balaban J connectivity index is 2.11. The minimum absolute atomic E-state index is 0.335. The molecule has 1 aromatic rings. The van der Waals surface area contributed by atoms with Crippen LogP contribution in [-0.2, 0) is 0 Å². The molecule has 0 bridgehead atoms. The van der Waals surface area contributed by atoms with Gasteiger partial charge in [-0.05, 0) is 32.6 Å². The fourth-order valence-electron chi connectivity index (χ4n) is 2.84. The Morgan fingerprint density at radius 3 is 2.47 bits per heavy atom. The third-order valence-corrected chi connectivity index (χ3v) is 3.90. The maximum atomic E-state index is 10.5. The average Bonchev–Trinajstić information content (AvgIpc) is 2.64. The molecule has 17 heavy (non-hydrogen) atoms. The van der Waals surface area contributed by atoms with Crippen LogP contribution in [0.5, 0.6) is 0 Å². The van der Waals surface area contributed by atoms with E-state index in [1.165, 1.54) is 25.7 Å². The molecule has 2 rings (SSSR count). The highest BCUT2D eigenvalue weighted by molar-refractivity contribution is 5.05. The van der Waals surface area contributed by atoms with Gasteiger partial charge in [0.2, 0.25) is 0 Å². The topological polar surface area (TPSA) is 38.0 Å². The second kappa shape index (κ2) is 5.67. The zero-order valence-corrected chi connectivity index (χ0v) is 11.0. The molecule has 1 N–H and O–H groups in total. The molecule has 0 aromatic carbocycles. The first-order valence-electron chi connectivity index (χ1n) is 6.90. The lowest BCUT2D eigenvalue weighted by Crippen LogP contribution is -2.16. The van der Waals surface area contributed by atoms with Crippen LogP contribution in [0.25, 0.3) is 0 Å². The molecule has 1 fully saturated rings. The van der Waals surface area contributed by atoms with Gasteiger partial charge in [0.15, 0.2) is 0 Å². The van der Waals surface area contributed by atoms with Crippen LogP contribution in [-0.4, -0.2) is 14.7 Å². The summed E-state index contributed by atoms with van der Waals surface area (Å²) < 4.78 is 2.09. The number of aromatic nitrogens is 2. The van der Waals surface area contributed by atoms with Crippen LogP contribution in [0.3, 0.4) is 0 Å². The van der Waals surface area contributed by atoms with Crippen molar-refractivity contribution < 1.29 is 5.11 Å². The maximum absolute atomic E-state index is 10.5. The molecule has 1 atom stereocenters. The van der Waals surface area contributed by atoms with Gasteiger partial charge in [0.1, 0.15) is 0 Å². The van der Waals surface area contributed by atoms with Gasteiger partial charge in [-0.3, -0.25) is 0 Å².